The van der Waals surface area contributed by atoms with Crippen LogP contribution in [0.25, 0.3) is 11.1 Å². The minimum atomic E-state index is -1.10. The fraction of sp³-hybridized carbons (Fsp3) is 0.333. The lowest BCUT2D eigenvalue weighted by molar-refractivity contribution is -0.139. The number of carbonyl (C=O) groups is 2. The minimum absolute atomic E-state index is 0.181. The Labute approximate surface area is 145 Å². The number of nitrogens with one attached hydrogen (secondary N) is 1. The number of rotatable bonds is 5. The first kappa shape index (κ1) is 18.0. The van der Waals surface area contributed by atoms with Crippen LogP contribution >= 0.6 is 11.3 Å². The first-order valence-corrected chi connectivity index (χ1v) is 8.53. The average Bonchev–Trinajstić information content (AvgIpc) is 2.99. The number of carboxylic acids is 1. The second kappa shape index (κ2) is 7.49. The first-order valence-electron chi connectivity index (χ1n) is 7.59. The number of alkyl carbamates (subject to hydrolysis) is 1. The van der Waals surface area contributed by atoms with Crippen molar-refractivity contribution in [1.29, 1.82) is 0 Å². The summed E-state index contributed by atoms with van der Waals surface area (Å²) < 4.78 is 5.15. The molecule has 2 N–H and O–H groups in total. The van der Waals surface area contributed by atoms with E-state index >= 15 is 0 Å². The number of aliphatic carboxylic acids is 1. The first-order chi connectivity index (χ1) is 11.3. The Morgan fingerprint density at radius 1 is 1.25 bits per heavy atom. The van der Waals surface area contributed by atoms with Crippen molar-refractivity contribution in [3.05, 3.63) is 46.7 Å². The SMILES string of the molecule is CC(C)(C)OC(=O)NC(Cc1ccccc1-c1ccsc1)C(=O)O. The lowest BCUT2D eigenvalue weighted by atomic mass is 9.97. The highest BCUT2D eigenvalue weighted by Crippen LogP contribution is 2.26. The van der Waals surface area contributed by atoms with E-state index in [9.17, 15) is 14.7 Å². The van der Waals surface area contributed by atoms with Gasteiger partial charge in [-0.1, -0.05) is 24.3 Å². The predicted octanol–water partition coefficient (Wildman–Crippen LogP) is 3.94. The van der Waals surface area contributed by atoms with Crippen molar-refractivity contribution in [1.82, 2.24) is 5.32 Å². The Kier molecular flexibility index (Phi) is 5.62. The molecule has 0 aliphatic heterocycles. The highest BCUT2D eigenvalue weighted by molar-refractivity contribution is 7.08. The molecule has 0 aliphatic carbocycles. The van der Waals surface area contributed by atoms with Crippen molar-refractivity contribution in [2.45, 2.75) is 38.8 Å². The molecule has 1 aromatic carbocycles. The summed E-state index contributed by atoms with van der Waals surface area (Å²) in [6, 6.07) is 8.52. The molecule has 1 amide bonds. The zero-order valence-electron chi connectivity index (χ0n) is 13.9. The zero-order valence-corrected chi connectivity index (χ0v) is 14.7. The van der Waals surface area contributed by atoms with Crippen LogP contribution in [0.5, 0.6) is 0 Å². The molecule has 0 saturated heterocycles. The van der Waals surface area contributed by atoms with Crippen LogP contribution in [0.2, 0.25) is 0 Å². The molecule has 0 bridgehead atoms. The molecule has 1 aromatic heterocycles. The number of benzene rings is 1. The van der Waals surface area contributed by atoms with Gasteiger partial charge in [-0.05, 0) is 54.3 Å². The van der Waals surface area contributed by atoms with Crippen molar-refractivity contribution in [2.24, 2.45) is 0 Å². The second-order valence-electron chi connectivity index (χ2n) is 6.41. The lowest BCUT2D eigenvalue weighted by Gasteiger charge is -2.22. The van der Waals surface area contributed by atoms with Gasteiger partial charge in [0.05, 0.1) is 0 Å². The van der Waals surface area contributed by atoms with Gasteiger partial charge in [-0.15, -0.1) is 0 Å². The Bertz CT molecular complexity index is 704. The van der Waals surface area contributed by atoms with Crippen molar-refractivity contribution >= 4 is 23.4 Å². The topological polar surface area (TPSA) is 75.6 Å². The van der Waals surface area contributed by atoms with E-state index in [4.69, 9.17) is 4.74 Å². The fourth-order valence-corrected chi connectivity index (χ4v) is 2.92. The third-order valence-corrected chi connectivity index (χ3v) is 3.95. The van der Waals surface area contributed by atoms with E-state index in [0.717, 1.165) is 16.7 Å². The molecule has 128 valence electrons. The third kappa shape index (κ3) is 5.09. The molecule has 24 heavy (non-hydrogen) atoms. The van der Waals surface area contributed by atoms with Gasteiger partial charge in [0.25, 0.3) is 0 Å². The van der Waals surface area contributed by atoms with E-state index in [1.165, 1.54) is 0 Å². The summed E-state index contributed by atoms with van der Waals surface area (Å²) in [5.41, 5.74) is 2.19. The summed E-state index contributed by atoms with van der Waals surface area (Å²) in [4.78, 5) is 23.4. The number of thiophene rings is 1. The van der Waals surface area contributed by atoms with Gasteiger partial charge in [-0.3, -0.25) is 0 Å². The minimum Gasteiger partial charge on any atom is -0.480 e. The summed E-state index contributed by atoms with van der Waals surface area (Å²) in [6.45, 7) is 5.19. The van der Waals surface area contributed by atoms with Gasteiger partial charge >= 0.3 is 12.1 Å². The average molecular weight is 347 g/mol. The molecule has 2 rings (SSSR count). The lowest BCUT2D eigenvalue weighted by Crippen LogP contribution is -2.44. The Balaban J connectivity index is 2.17. The van der Waals surface area contributed by atoms with Crippen LogP contribution in [-0.4, -0.2) is 28.8 Å². The quantitative estimate of drug-likeness (QED) is 0.859. The molecule has 6 heteroatoms. The van der Waals surface area contributed by atoms with Crippen molar-refractivity contribution < 1.29 is 19.4 Å². The predicted molar refractivity (Wildman–Crippen MR) is 94.3 cm³/mol. The maximum atomic E-state index is 11.9. The number of carboxylic acid groups (broad SMARTS) is 1. The number of amides is 1. The molecule has 2 aromatic rings. The Morgan fingerprint density at radius 3 is 2.54 bits per heavy atom. The summed E-state index contributed by atoms with van der Waals surface area (Å²) in [6.07, 6.45) is -0.552. The Hall–Kier alpha value is -2.34. The molecule has 0 fully saturated rings. The van der Waals surface area contributed by atoms with Gasteiger partial charge in [0.15, 0.2) is 0 Å². The summed E-state index contributed by atoms with van der Waals surface area (Å²) in [7, 11) is 0. The van der Waals surface area contributed by atoms with Crippen LogP contribution in [0.1, 0.15) is 26.3 Å². The molecule has 1 heterocycles. The summed E-state index contributed by atoms with van der Waals surface area (Å²) in [5.74, 6) is -1.10. The molecule has 1 atom stereocenters. The monoisotopic (exact) mass is 347 g/mol. The normalized spacial score (nSPS) is 12.5. The smallest absolute Gasteiger partial charge is 0.408 e. The van der Waals surface area contributed by atoms with Crippen LogP contribution in [0.15, 0.2) is 41.1 Å². The van der Waals surface area contributed by atoms with Crippen LogP contribution in [0.3, 0.4) is 0 Å². The van der Waals surface area contributed by atoms with Gasteiger partial charge in [0.1, 0.15) is 11.6 Å². The van der Waals surface area contributed by atoms with Crippen LogP contribution < -0.4 is 5.32 Å². The third-order valence-electron chi connectivity index (χ3n) is 3.26. The van der Waals surface area contributed by atoms with E-state index in [1.807, 2.05) is 41.1 Å². The van der Waals surface area contributed by atoms with Gasteiger partial charge in [-0.2, -0.15) is 11.3 Å². The van der Waals surface area contributed by atoms with E-state index < -0.39 is 23.7 Å². The van der Waals surface area contributed by atoms with Gasteiger partial charge in [-0.25, -0.2) is 9.59 Å². The molecule has 0 spiro atoms. The van der Waals surface area contributed by atoms with E-state index in [0.29, 0.717) is 0 Å². The van der Waals surface area contributed by atoms with Gasteiger partial charge in [0, 0.05) is 6.42 Å². The summed E-state index contributed by atoms with van der Waals surface area (Å²) >= 11 is 1.58. The number of ether oxygens (including phenoxy) is 1. The summed E-state index contributed by atoms with van der Waals surface area (Å²) in [5, 5.41) is 15.9. The molecule has 1 unspecified atom stereocenters. The number of hydrogen-bond acceptors (Lipinski definition) is 4. The highest BCUT2D eigenvalue weighted by Gasteiger charge is 2.25. The maximum absolute atomic E-state index is 11.9. The van der Waals surface area contributed by atoms with Gasteiger partial charge < -0.3 is 15.2 Å². The molecule has 0 radical (unpaired) electrons. The van der Waals surface area contributed by atoms with Gasteiger partial charge in [0.2, 0.25) is 0 Å². The zero-order chi connectivity index (χ0) is 17.7. The number of carbonyl (C=O) groups excluding carboxylic acids is 1. The largest absolute Gasteiger partial charge is 0.480 e. The molecular formula is C18H21NO4S. The second-order valence-corrected chi connectivity index (χ2v) is 7.19. The Morgan fingerprint density at radius 2 is 1.96 bits per heavy atom. The standard InChI is InChI=1S/C18H21NO4S/c1-18(2,3)23-17(22)19-15(16(20)21)10-12-6-4-5-7-14(12)13-8-9-24-11-13/h4-9,11,15H,10H2,1-3H3,(H,19,22)(H,20,21). The van der Waals surface area contributed by atoms with E-state index in [1.54, 1.807) is 32.1 Å². The van der Waals surface area contributed by atoms with E-state index in [-0.39, 0.29) is 6.42 Å². The van der Waals surface area contributed by atoms with Crippen LogP contribution in [-0.2, 0) is 16.0 Å². The molecule has 0 aliphatic rings. The molecular weight excluding hydrogens is 326 g/mol. The molecule has 0 saturated carbocycles. The van der Waals surface area contributed by atoms with Crippen molar-refractivity contribution in [3.63, 3.8) is 0 Å². The van der Waals surface area contributed by atoms with Crippen molar-refractivity contribution in [3.8, 4) is 11.1 Å². The van der Waals surface area contributed by atoms with Crippen LogP contribution in [0.4, 0.5) is 4.79 Å². The highest BCUT2D eigenvalue weighted by atomic mass is 32.1. The number of hydrogen-bond donors (Lipinski definition) is 2. The fourth-order valence-electron chi connectivity index (χ4n) is 2.27. The molecule has 5 nitrogen and oxygen atoms in total. The van der Waals surface area contributed by atoms with E-state index in [2.05, 4.69) is 5.32 Å². The van der Waals surface area contributed by atoms with Crippen LogP contribution in [0, 0.1) is 0 Å². The maximum Gasteiger partial charge on any atom is 0.408 e. The van der Waals surface area contributed by atoms with Crippen molar-refractivity contribution in [2.75, 3.05) is 0 Å².